The Morgan fingerprint density at radius 2 is 1.96 bits per heavy atom. The molecule has 0 amide bonds. The fraction of sp³-hybridized carbons (Fsp3) is 0.167. The van der Waals surface area contributed by atoms with Crippen LogP contribution in [0.4, 0.5) is 5.69 Å². The quantitative estimate of drug-likeness (QED) is 0.338. The van der Waals surface area contributed by atoms with Gasteiger partial charge in [0.15, 0.2) is 0 Å². The number of aromatic hydroxyl groups is 1. The minimum absolute atomic E-state index is 0.0551. The third-order valence-electron chi connectivity index (χ3n) is 3.78. The summed E-state index contributed by atoms with van der Waals surface area (Å²) >= 11 is 2.39. The molecule has 0 aliphatic carbocycles. The van der Waals surface area contributed by atoms with Gasteiger partial charge in [0.25, 0.3) is 10.0 Å². The monoisotopic (exact) mass is 423 g/mol. The Kier molecular flexibility index (Phi) is 5.93. The van der Waals surface area contributed by atoms with Gasteiger partial charge in [-0.15, -0.1) is 23.1 Å². The molecule has 2 N–H and O–H groups in total. The first-order valence-corrected chi connectivity index (χ1v) is 11.3. The SMILES string of the molecule is COC(=O)CCSc1cc(NS(=O)(=O)c2cccs2)c2ccccc2c1O. The second-order valence-electron chi connectivity index (χ2n) is 5.53. The molecule has 1 aromatic heterocycles. The first kappa shape index (κ1) is 19.5. The molecule has 3 rings (SSSR count). The summed E-state index contributed by atoms with van der Waals surface area (Å²) in [6, 6.07) is 11.8. The summed E-state index contributed by atoms with van der Waals surface area (Å²) in [6.07, 6.45) is 0.184. The van der Waals surface area contributed by atoms with E-state index >= 15 is 0 Å². The van der Waals surface area contributed by atoms with Crippen LogP contribution in [0.2, 0.25) is 0 Å². The molecule has 0 radical (unpaired) electrons. The lowest BCUT2D eigenvalue weighted by atomic mass is 10.1. The van der Waals surface area contributed by atoms with Gasteiger partial charge in [-0.25, -0.2) is 8.42 Å². The number of ether oxygens (including phenoxy) is 1. The van der Waals surface area contributed by atoms with Gasteiger partial charge in [-0.05, 0) is 17.5 Å². The van der Waals surface area contributed by atoms with E-state index in [1.54, 1.807) is 41.8 Å². The number of rotatable bonds is 7. The van der Waals surface area contributed by atoms with Gasteiger partial charge in [0, 0.05) is 16.5 Å². The first-order chi connectivity index (χ1) is 12.9. The molecule has 0 saturated carbocycles. The van der Waals surface area contributed by atoms with Gasteiger partial charge in [0.05, 0.1) is 24.1 Å². The Morgan fingerprint density at radius 1 is 1.22 bits per heavy atom. The van der Waals surface area contributed by atoms with Crippen molar-refractivity contribution in [1.82, 2.24) is 0 Å². The van der Waals surface area contributed by atoms with Crippen molar-refractivity contribution in [1.29, 1.82) is 0 Å². The topological polar surface area (TPSA) is 92.7 Å². The number of methoxy groups -OCH3 is 1. The van der Waals surface area contributed by atoms with E-state index in [0.29, 0.717) is 27.1 Å². The van der Waals surface area contributed by atoms with Crippen molar-refractivity contribution in [3.8, 4) is 5.75 Å². The number of sulfonamides is 1. The van der Waals surface area contributed by atoms with E-state index in [0.717, 1.165) is 11.3 Å². The maximum atomic E-state index is 12.6. The number of esters is 1. The van der Waals surface area contributed by atoms with Crippen molar-refractivity contribution < 1.29 is 23.1 Å². The number of carbonyl (C=O) groups is 1. The maximum absolute atomic E-state index is 12.6. The summed E-state index contributed by atoms with van der Waals surface area (Å²) in [4.78, 5) is 11.8. The first-order valence-electron chi connectivity index (χ1n) is 7.93. The second-order valence-corrected chi connectivity index (χ2v) is 9.52. The lowest BCUT2D eigenvalue weighted by Gasteiger charge is -2.14. The highest BCUT2D eigenvalue weighted by Gasteiger charge is 2.19. The van der Waals surface area contributed by atoms with Crippen molar-refractivity contribution in [3.63, 3.8) is 0 Å². The number of carbonyl (C=O) groups excluding carboxylic acids is 1. The maximum Gasteiger partial charge on any atom is 0.306 e. The predicted molar refractivity (Wildman–Crippen MR) is 108 cm³/mol. The van der Waals surface area contributed by atoms with E-state index in [-0.39, 0.29) is 22.3 Å². The highest BCUT2D eigenvalue weighted by atomic mass is 32.2. The van der Waals surface area contributed by atoms with E-state index in [1.807, 2.05) is 0 Å². The predicted octanol–water partition coefficient (Wildman–Crippen LogP) is 4.06. The zero-order chi connectivity index (χ0) is 19.4. The van der Waals surface area contributed by atoms with Gasteiger partial charge in [-0.3, -0.25) is 9.52 Å². The number of phenols is 1. The number of thioether (sulfide) groups is 1. The van der Waals surface area contributed by atoms with Gasteiger partial charge in [-0.1, -0.05) is 30.3 Å². The van der Waals surface area contributed by atoms with Crippen molar-refractivity contribution in [2.75, 3.05) is 17.6 Å². The van der Waals surface area contributed by atoms with E-state index < -0.39 is 10.0 Å². The number of fused-ring (bicyclic) bond motifs is 1. The molecule has 142 valence electrons. The smallest absolute Gasteiger partial charge is 0.306 e. The summed E-state index contributed by atoms with van der Waals surface area (Å²) in [5, 5.41) is 13.4. The Balaban J connectivity index is 1.98. The van der Waals surface area contributed by atoms with E-state index in [2.05, 4.69) is 9.46 Å². The van der Waals surface area contributed by atoms with Crippen LogP contribution in [0.15, 0.2) is 56.9 Å². The third kappa shape index (κ3) is 4.37. The number of hydrogen-bond donors (Lipinski definition) is 2. The minimum Gasteiger partial charge on any atom is -0.506 e. The van der Waals surface area contributed by atoms with Crippen LogP contribution in [0.25, 0.3) is 10.8 Å². The van der Waals surface area contributed by atoms with Crippen molar-refractivity contribution in [2.45, 2.75) is 15.5 Å². The van der Waals surface area contributed by atoms with Gasteiger partial charge < -0.3 is 9.84 Å². The molecule has 0 saturated heterocycles. The van der Waals surface area contributed by atoms with Crippen LogP contribution in [0.3, 0.4) is 0 Å². The number of nitrogens with one attached hydrogen (secondary N) is 1. The molecule has 0 fully saturated rings. The number of benzene rings is 2. The lowest BCUT2D eigenvalue weighted by molar-refractivity contribution is -0.140. The van der Waals surface area contributed by atoms with E-state index in [4.69, 9.17) is 0 Å². The molecule has 1 heterocycles. The van der Waals surface area contributed by atoms with E-state index in [9.17, 15) is 18.3 Å². The minimum atomic E-state index is -3.73. The highest BCUT2D eigenvalue weighted by molar-refractivity contribution is 7.99. The number of anilines is 1. The summed E-state index contributed by atoms with van der Waals surface area (Å²) < 4.78 is 32.7. The summed E-state index contributed by atoms with van der Waals surface area (Å²) in [5.41, 5.74) is 0.373. The second kappa shape index (κ2) is 8.20. The fourth-order valence-electron chi connectivity index (χ4n) is 2.49. The van der Waals surface area contributed by atoms with Crippen LogP contribution >= 0.6 is 23.1 Å². The zero-order valence-electron chi connectivity index (χ0n) is 14.3. The van der Waals surface area contributed by atoms with Gasteiger partial charge in [0.1, 0.15) is 9.96 Å². The summed E-state index contributed by atoms with van der Waals surface area (Å²) in [6.45, 7) is 0. The molecule has 2 aromatic carbocycles. The third-order valence-corrected chi connectivity index (χ3v) is 7.57. The summed E-state index contributed by atoms with van der Waals surface area (Å²) in [5.74, 6) is 0.108. The van der Waals surface area contributed by atoms with Crippen LogP contribution in [0.5, 0.6) is 5.75 Å². The van der Waals surface area contributed by atoms with E-state index in [1.165, 1.54) is 24.9 Å². The normalized spacial score (nSPS) is 11.4. The van der Waals surface area contributed by atoms with Crippen LogP contribution in [-0.2, 0) is 19.6 Å². The molecule has 6 nitrogen and oxygen atoms in total. The molecule has 0 unspecified atom stereocenters. The molecule has 27 heavy (non-hydrogen) atoms. The fourth-order valence-corrected chi connectivity index (χ4v) is 5.49. The van der Waals surface area contributed by atoms with Gasteiger partial charge in [-0.2, -0.15) is 0 Å². The van der Waals surface area contributed by atoms with Crippen molar-refractivity contribution >= 4 is 55.6 Å². The van der Waals surface area contributed by atoms with Crippen LogP contribution in [0.1, 0.15) is 6.42 Å². The average Bonchev–Trinajstić information content (AvgIpc) is 3.20. The Morgan fingerprint density at radius 3 is 2.63 bits per heavy atom. The van der Waals surface area contributed by atoms with Crippen molar-refractivity contribution in [2.24, 2.45) is 0 Å². The lowest BCUT2D eigenvalue weighted by Crippen LogP contribution is -2.12. The molecule has 0 spiro atoms. The Hall–Kier alpha value is -2.23. The Bertz CT molecular complexity index is 1060. The molecule has 0 aliphatic rings. The average molecular weight is 424 g/mol. The summed E-state index contributed by atoms with van der Waals surface area (Å²) in [7, 11) is -2.41. The van der Waals surface area contributed by atoms with Gasteiger partial charge >= 0.3 is 5.97 Å². The number of phenolic OH excluding ortho intramolecular Hbond substituents is 1. The number of hydrogen-bond acceptors (Lipinski definition) is 7. The molecule has 0 aliphatic heterocycles. The van der Waals surface area contributed by atoms with Crippen LogP contribution in [-0.4, -0.2) is 32.4 Å². The molecule has 3 aromatic rings. The van der Waals surface area contributed by atoms with Crippen LogP contribution in [0, 0.1) is 0 Å². The van der Waals surface area contributed by atoms with Crippen molar-refractivity contribution in [3.05, 3.63) is 47.8 Å². The molecular weight excluding hydrogens is 406 g/mol. The Labute approximate surface area is 165 Å². The standard InChI is InChI=1S/C18H17NO5S3/c1-24-16(20)8-10-25-15-11-14(12-5-2-3-6-13(12)18(15)21)19-27(22,23)17-7-4-9-26-17/h2-7,9,11,19,21H,8,10H2,1H3. The van der Waals surface area contributed by atoms with Crippen LogP contribution < -0.4 is 4.72 Å². The number of thiophene rings is 1. The van der Waals surface area contributed by atoms with Gasteiger partial charge in [0.2, 0.25) is 0 Å². The molecule has 0 atom stereocenters. The molecule has 0 bridgehead atoms. The molecule has 9 heteroatoms. The highest BCUT2D eigenvalue weighted by Crippen LogP contribution is 2.40. The zero-order valence-corrected chi connectivity index (χ0v) is 16.8. The largest absolute Gasteiger partial charge is 0.506 e. The molecular formula is C18H17NO5S3.